The third-order valence-electron chi connectivity index (χ3n) is 3.04. The van der Waals surface area contributed by atoms with Crippen molar-refractivity contribution in [1.82, 2.24) is 10.6 Å². The zero-order valence-electron chi connectivity index (χ0n) is 12.2. The molecule has 106 valence electrons. The third-order valence-corrected chi connectivity index (χ3v) is 3.04. The van der Waals surface area contributed by atoms with Crippen molar-refractivity contribution in [2.24, 2.45) is 0 Å². The smallest absolute Gasteiger partial charge is 0.251 e. The molecule has 0 aliphatic rings. The molecular weight excluding hydrogens is 244 g/mol. The first-order chi connectivity index (χ1) is 9.03. The Morgan fingerprint density at radius 2 is 1.84 bits per heavy atom. The predicted octanol–water partition coefficient (Wildman–Crippen LogP) is 1.35. The molecule has 5 nitrogen and oxygen atoms in total. The summed E-state index contributed by atoms with van der Waals surface area (Å²) in [4.78, 5) is 12.1. The molecular formula is C14H22N2O3. The fourth-order valence-corrected chi connectivity index (χ4v) is 1.67. The number of nitrogens with one attached hydrogen (secondary N) is 2. The molecule has 1 aromatic rings. The van der Waals surface area contributed by atoms with Crippen LogP contribution in [0.15, 0.2) is 12.1 Å². The SMILES string of the molecule is CNC(C)CNC(=O)c1cc(OC)c(OC)cc1C. The summed E-state index contributed by atoms with van der Waals surface area (Å²) >= 11 is 0. The number of aryl methyl sites for hydroxylation is 1. The number of benzene rings is 1. The van der Waals surface area contributed by atoms with E-state index in [4.69, 9.17) is 9.47 Å². The standard InChI is InChI=1S/C14H22N2O3/c1-9-6-12(18-4)13(19-5)7-11(9)14(17)16-8-10(2)15-3/h6-7,10,15H,8H2,1-5H3,(H,16,17). The average Bonchev–Trinajstić information content (AvgIpc) is 2.43. The van der Waals surface area contributed by atoms with Gasteiger partial charge < -0.3 is 20.1 Å². The van der Waals surface area contributed by atoms with Crippen LogP contribution in [-0.4, -0.2) is 39.8 Å². The minimum atomic E-state index is -0.111. The van der Waals surface area contributed by atoms with Gasteiger partial charge in [-0.2, -0.15) is 0 Å². The summed E-state index contributed by atoms with van der Waals surface area (Å²) in [5, 5.41) is 5.95. The first kappa shape index (κ1) is 15.3. The van der Waals surface area contributed by atoms with Crippen LogP contribution in [0.5, 0.6) is 11.5 Å². The molecule has 0 radical (unpaired) electrons. The van der Waals surface area contributed by atoms with E-state index in [1.165, 1.54) is 0 Å². The van der Waals surface area contributed by atoms with Crippen molar-refractivity contribution in [1.29, 1.82) is 0 Å². The Hall–Kier alpha value is -1.75. The second kappa shape index (κ2) is 6.99. The van der Waals surface area contributed by atoms with Gasteiger partial charge in [0.1, 0.15) is 0 Å². The fraction of sp³-hybridized carbons (Fsp3) is 0.500. The van der Waals surface area contributed by atoms with Crippen molar-refractivity contribution < 1.29 is 14.3 Å². The molecule has 0 bridgehead atoms. The van der Waals surface area contributed by atoms with Gasteiger partial charge in [-0.3, -0.25) is 4.79 Å². The van der Waals surface area contributed by atoms with Crippen molar-refractivity contribution in [2.45, 2.75) is 19.9 Å². The van der Waals surface area contributed by atoms with Crippen molar-refractivity contribution in [3.8, 4) is 11.5 Å². The van der Waals surface area contributed by atoms with Gasteiger partial charge in [0.2, 0.25) is 0 Å². The van der Waals surface area contributed by atoms with Crippen LogP contribution in [-0.2, 0) is 0 Å². The molecule has 0 saturated heterocycles. The normalized spacial score (nSPS) is 11.8. The van der Waals surface area contributed by atoms with Crippen LogP contribution in [0.2, 0.25) is 0 Å². The molecule has 1 rings (SSSR count). The number of carbonyl (C=O) groups excluding carboxylic acids is 1. The summed E-state index contributed by atoms with van der Waals surface area (Å²) in [6.45, 7) is 4.45. The maximum absolute atomic E-state index is 12.1. The second-order valence-electron chi connectivity index (χ2n) is 4.42. The van der Waals surface area contributed by atoms with E-state index in [9.17, 15) is 4.79 Å². The summed E-state index contributed by atoms with van der Waals surface area (Å²) in [5.74, 6) is 1.07. The fourth-order valence-electron chi connectivity index (χ4n) is 1.67. The van der Waals surface area contributed by atoms with E-state index in [2.05, 4.69) is 10.6 Å². The average molecular weight is 266 g/mol. The monoisotopic (exact) mass is 266 g/mol. The molecule has 2 N–H and O–H groups in total. The van der Waals surface area contributed by atoms with Crippen LogP contribution in [0.1, 0.15) is 22.8 Å². The molecule has 0 spiro atoms. The quantitative estimate of drug-likeness (QED) is 0.816. The molecule has 0 aromatic heterocycles. The highest BCUT2D eigenvalue weighted by Crippen LogP contribution is 2.30. The molecule has 5 heteroatoms. The molecule has 0 aliphatic heterocycles. The van der Waals surface area contributed by atoms with Gasteiger partial charge in [-0.05, 0) is 38.6 Å². The number of rotatable bonds is 6. The van der Waals surface area contributed by atoms with E-state index in [1.807, 2.05) is 20.9 Å². The Kier molecular flexibility index (Phi) is 5.63. The van der Waals surface area contributed by atoms with Crippen molar-refractivity contribution in [3.63, 3.8) is 0 Å². The minimum absolute atomic E-state index is 0.111. The lowest BCUT2D eigenvalue weighted by Gasteiger charge is -2.14. The van der Waals surface area contributed by atoms with Crippen molar-refractivity contribution in [2.75, 3.05) is 27.8 Å². The highest BCUT2D eigenvalue weighted by atomic mass is 16.5. The van der Waals surface area contributed by atoms with Gasteiger partial charge in [0.15, 0.2) is 11.5 Å². The molecule has 0 fully saturated rings. The number of hydrogen-bond acceptors (Lipinski definition) is 4. The number of carbonyl (C=O) groups is 1. The Morgan fingerprint density at radius 1 is 1.26 bits per heavy atom. The number of methoxy groups -OCH3 is 2. The third kappa shape index (κ3) is 3.86. The number of hydrogen-bond donors (Lipinski definition) is 2. The Labute approximate surface area is 114 Å². The van der Waals surface area contributed by atoms with Gasteiger partial charge in [-0.15, -0.1) is 0 Å². The maximum atomic E-state index is 12.1. The van der Waals surface area contributed by atoms with Crippen LogP contribution < -0.4 is 20.1 Å². The predicted molar refractivity (Wildman–Crippen MR) is 75.1 cm³/mol. The van der Waals surface area contributed by atoms with Crippen LogP contribution in [0.3, 0.4) is 0 Å². The van der Waals surface area contributed by atoms with E-state index in [0.29, 0.717) is 23.6 Å². The Bertz CT molecular complexity index is 447. The van der Waals surface area contributed by atoms with E-state index in [1.54, 1.807) is 26.4 Å². The highest BCUT2D eigenvalue weighted by molar-refractivity contribution is 5.96. The molecule has 0 saturated carbocycles. The largest absolute Gasteiger partial charge is 0.493 e. The van der Waals surface area contributed by atoms with Crippen LogP contribution in [0, 0.1) is 6.92 Å². The first-order valence-corrected chi connectivity index (χ1v) is 6.21. The van der Waals surface area contributed by atoms with Crippen LogP contribution in [0.4, 0.5) is 0 Å². The summed E-state index contributed by atoms with van der Waals surface area (Å²) in [6.07, 6.45) is 0. The number of likely N-dealkylation sites (N-methyl/N-ethyl adjacent to an activating group) is 1. The van der Waals surface area contributed by atoms with E-state index in [-0.39, 0.29) is 11.9 Å². The van der Waals surface area contributed by atoms with Crippen molar-refractivity contribution in [3.05, 3.63) is 23.3 Å². The summed E-state index contributed by atoms with van der Waals surface area (Å²) < 4.78 is 10.4. The van der Waals surface area contributed by atoms with Gasteiger partial charge in [0.05, 0.1) is 14.2 Å². The second-order valence-corrected chi connectivity index (χ2v) is 4.42. The van der Waals surface area contributed by atoms with E-state index < -0.39 is 0 Å². The van der Waals surface area contributed by atoms with Gasteiger partial charge in [-0.25, -0.2) is 0 Å². The molecule has 0 heterocycles. The van der Waals surface area contributed by atoms with E-state index in [0.717, 1.165) is 5.56 Å². The number of amides is 1. The summed E-state index contributed by atoms with van der Waals surface area (Å²) in [5.41, 5.74) is 1.45. The van der Waals surface area contributed by atoms with Crippen LogP contribution in [0.25, 0.3) is 0 Å². The molecule has 1 atom stereocenters. The van der Waals surface area contributed by atoms with Gasteiger partial charge in [0.25, 0.3) is 5.91 Å². The molecule has 1 unspecified atom stereocenters. The zero-order valence-corrected chi connectivity index (χ0v) is 12.2. The van der Waals surface area contributed by atoms with Gasteiger partial charge in [0, 0.05) is 18.2 Å². The lowest BCUT2D eigenvalue weighted by molar-refractivity contribution is 0.0949. The highest BCUT2D eigenvalue weighted by Gasteiger charge is 2.14. The first-order valence-electron chi connectivity index (χ1n) is 6.21. The molecule has 0 aliphatic carbocycles. The van der Waals surface area contributed by atoms with Crippen molar-refractivity contribution >= 4 is 5.91 Å². The zero-order chi connectivity index (χ0) is 14.4. The van der Waals surface area contributed by atoms with Crippen LogP contribution >= 0.6 is 0 Å². The number of ether oxygens (including phenoxy) is 2. The molecule has 1 aromatic carbocycles. The van der Waals surface area contributed by atoms with E-state index >= 15 is 0 Å². The topological polar surface area (TPSA) is 59.6 Å². The molecule has 19 heavy (non-hydrogen) atoms. The summed E-state index contributed by atoms with van der Waals surface area (Å²) in [6, 6.07) is 3.73. The summed E-state index contributed by atoms with van der Waals surface area (Å²) in [7, 11) is 4.99. The maximum Gasteiger partial charge on any atom is 0.251 e. The minimum Gasteiger partial charge on any atom is -0.493 e. The lowest BCUT2D eigenvalue weighted by atomic mass is 10.1. The van der Waals surface area contributed by atoms with Gasteiger partial charge >= 0.3 is 0 Å². The molecule has 1 amide bonds. The Morgan fingerprint density at radius 3 is 2.37 bits per heavy atom. The lowest BCUT2D eigenvalue weighted by Crippen LogP contribution is -2.37. The van der Waals surface area contributed by atoms with Gasteiger partial charge in [-0.1, -0.05) is 0 Å². The Balaban J connectivity index is 2.90.